The van der Waals surface area contributed by atoms with Gasteiger partial charge < -0.3 is 10.0 Å². The van der Waals surface area contributed by atoms with Crippen LogP contribution in [0.1, 0.15) is 52.5 Å². The van der Waals surface area contributed by atoms with E-state index in [9.17, 15) is 14.3 Å². The summed E-state index contributed by atoms with van der Waals surface area (Å²) in [5.41, 5.74) is 0.481. The van der Waals surface area contributed by atoms with Gasteiger partial charge in [0.2, 0.25) is 5.91 Å². The third-order valence-electron chi connectivity index (χ3n) is 5.46. The van der Waals surface area contributed by atoms with E-state index in [0.717, 1.165) is 24.9 Å². The van der Waals surface area contributed by atoms with Crippen molar-refractivity contribution in [3.8, 4) is 0 Å². The molecule has 1 N–H and O–H groups in total. The van der Waals surface area contributed by atoms with Gasteiger partial charge in [-0.1, -0.05) is 39.8 Å². The lowest BCUT2D eigenvalue weighted by Gasteiger charge is -2.35. The Labute approximate surface area is 144 Å². The largest absolute Gasteiger partial charge is 0.395 e. The van der Waals surface area contributed by atoms with Crippen LogP contribution in [0.2, 0.25) is 0 Å². The van der Waals surface area contributed by atoms with Crippen LogP contribution >= 0.6 is 0 Å². The summed E-state index contributed by atoms with van der Waals surface area (Å²) in [6.07, 6.45) is 2.47. The first-order valence-electron chi connectivity index (χ1n) is 8.80. The maximum absolute atomic E-state index is 13.2. The third-order valence-corrected chi connectivity index (χ3v) is 5.46. The Balaban J connectivity index is 2.14. The molecule has 1 aromatic carbocycles. The van der Waals surface area contributed by atoms with Crippen LogP contribution in [0.5, 0.6) is 0 Å². The predicted octanol–water partition coefficient (Wildman–Crippen LogP) is 3.75. The first-order valence-corrected chi connectivity index (χ1v) is 8.80. The number of carbonyl (C=O) groups excluding carboxylic acids is 1. The smallest absolute Gasteiger partial charge is 0.222 e. The Morgan fingerprint density at radius 1 is 1.17 bits per heavy atom. The van der Waals surface area contributed by atoms with Gasteiger partial charge in [-0.15, -0.1) is 0 Å². The minimum Gasteiger partial charge on any atom is -0.395 e. The number of hydrogen-bond donors (Lipinski definition) is 1. The van der Waals surface area contributed by atoms with Crippen molar-refractivity contribution in [3.05, 3.63) is 35.6 Å². The van der Waals surface area contributed by atoms with Crippen LogP contribution in [0.25, 0.3) is 0 Å². The second kappa shape index (κ2) is 7.22. The molecule has 134 valence electrons. The second-order valence-electron chi connectivity index (χ2n) is 8.43. The fraction of sp³-hybridized carbons (Fsp3) is 0.650. The highest BCUT2D eigenvalue weighted by Gasteiger charge is 2.34. The molecule has 1 saturated heterocycles. The summed E-state index contributed by atoms with van der Waals surface area (Å²) < 4.78 is 13.2. The molecule has 0 aromatic heterocycles. The Hall–Kier alpha value is -1.42. The number of rotatable bonds is 4. The summed E-state index contributed by atoms with van der Waals surface area (Å²) >= 11 is 0. The molecular formula is C20H30FNO2. The maximum atomic E-state index is 13.2. The molecule has 1 fully saturated rings. The summed E-state index contributed by atoms with van der Waals surface area (Å²) in [5, 5.41) is 9.94. The standard InChI is InChI=1S/C20H30FNO2/c1-19(2,3)15-7-10-18(24)22(12-11-15)13-20(4,14-23)16-5-8-17(21)9-6-16/h5-6,8-9,15,23H,7,10-14H2,1-4H3/t15-,20+/m1/s1. The normalized spacial score (nSPS) is 22.2. The number of hydrogen-bond acceptors (Lipinski definition) is 2. The third kappa shape index (κ3) is 4.35. The zero-order valence-electron chi connectivity index (χ0n) is 15.3. The molecule has 0 bridgehead atoms. The van der Waals surface area contributed by atoms with Crippen molar-refractivity contribution < 1.29 is 14.3 Å². The molecule has 2 atom stereocenters. The average molecular weight is 335 g/mol. The summed E-state index contributed by atoms with van der Waals surface area (Å²) in [6.45, 7) is 9.73. The predicted molar refractivity (Wildman–Crippen MR) is 94.2 cm³/mol. The monoisotopic (exact) mass is 335 g/mol. The Morgan fingerprint density at radius 2 is 1.79 bits per heavy atom. The minimum atomic E-state index is -0.578. The van der Waals surface area contributed by atoms with Gasteiger partial charge in [0.25, 0.3) is 0 Å². The quantitative estimate of drug-likeness (QED) is 0.910. The topological polar surface area (TPSA) is 40.5 Å². The van der Waals surface area contributed by atoms with E-state index in [-0.39, 0.29) is 23.7 Å². The van der Waals surface area contributed by atoms with Crippen molar-refractivity contribution in [1.82, 2.24) is 4.90 Å². The van der Waals surface area contributed by atoms with Gasteiger partial charge in [0, 0.05) is 24.9 Å². The molecule has 0 unspecified atom stereocenters. The molecule has 0 radical (unpaired) electrons. The second-order valence-corrected chi connectivity index (χ2v) is 8.43. The van der Waals surface area contributed by atoms with Crippen molar-refractivity contribution in [2.24, 2.45) is 11.3 Å². The highest BCUT2D eigenvalue weighted by atomic mass is 19.1. The van der Waals surface area contributed by atoms with Gasteiger partial charge in [0.1, 0.15) is 5.82 Å². The molecule has 4 heteroatoms. The van der Waals surface area contributed by atoms with Crippen molar-refractivity contribution in [1.29, 1.82) is 0 Å². The highest BCUT2D eigenvalue weighted by molar-refractivity contribution is 5.76. The fourth-order valence-electron chi connectivity index (χ4n) is 3.58. The van der Waals surface area contributed by atoms with E-state index in [2.05, 4.69) is 20.8 Å². The summed E-state index contributed by atoms with van der Waals surface area (Å²) in [5.74, 6) is 0.388. The van der Waals surface area contributed by atoms with Crippen LogP contribution in [-0.2, 0) is 10.2 Å². The van der Waals surface area contributed by atoms with E-state index in [1.54, 1.807) is 12.1 Å². The number of likely N-dealkylation sites (tertiary alicyclic amines) is 1. The number of carbonyl (C=O) groups is 1. The van der Waals surface area contributed by atoms with Crippen LogP contribution < -0.4 is 0 Å². The van der Waals surface area contributed by atoms with E-state index >= 15 is 0 Å². The van der Waals surface area contributed by atoms with Crippen LogP contribution in [0.3, 0.4) is 0 Å². The molecule has 1 amide bonds. The number of nitrogens with zero attached hydrogens (tertiary/aromatic N) is 1. The van der Waals surface area contributed by atoms with Gasteiger partial charge in [-0.2, -0.15) is 0 Å². The van der Waals surface area contributed by atoms with Crippen molar-refractivity contribution in [2.75, 3.05) is 19.7 Å². The highest BCUT2D eigenvalue weighted by Crippen LogP contribution is 2.35. The van der Waals surface area contributed by atoms with Gasteiger partial charge in [0.05, 0.1) is 6.61 Å². The first kappa shape index (κ1) is 18.9. The number of aliphatic hydroxyl groups excluding tert-OH is 1. The Kier molecular flexibility index (Phi) is 5.69. The molecule has 1 heterocycles. The summed E-state index contributed by atoms with van der Waals surface area (Å²) in [6, 6.07) is 6.21. The molecule has 24 heavy (non-hydrogen) atoms. The molecule has 1 aliphatic heterocycles. The minimum absolute atomic E-state index is 0.0783. The Morgan fingerprint density at radius 3 is 2.33 bits per heavy atom. The van der Waals surface area contributed by atoms with E-state index in [0.29, 0.717) is 18.9 Å². The number of benzene rings is 1. The average Bonchev–Trinajstić information content (AvgIpc) is 2.70. The molecule has 1 aliphatic rings. The lowest BCUT2D eigenvalue weighted by Crippen LogP contribution is -2.44. The molecule has 0 saturated carbocycles. The number of aliphatic hydroxyl groups is 1. The molecular weight excluding hydrogens is 305 g/mol. The van der Waals surface area contributed by atoms with Crippen molar-refractivity contribution in [3.63, 3.8) is 0 Å². The van der Waals surface area contributed by atoms with Gasteiger partial charge in [-0.3, -0.25) is 4.79 Å². The molecule has 1 aromatic rings. The zero-order valence-corrected chi connectivity index (χ0v) is 15.3. The van der Waals surface area contributed by atoms with Crippen molar-refractivity contribution in [2.45, 2.75) is 52.4 Å². The summed E-state index contributed by atoms with van der Waals surface area (Å²) in [4.78, 5) is 14.4. The lowest BCUT2D eigenvalue weighted by molar-refractivity contribution is -0.131. The van der Waals surface area contributed by atoms with Crippen molar-refractivity contribution >= 4 is 5.91 Å². The number of halogens is 1. The van der Waals surface area contributed by atoms with E-state index in [1.807, 2.05) is 11.8 Å². The van der Waals surface area contributed by atoms with Crippen LogP contribution in [0.15, 0.2) is 24.3 Å². The van der Waals surface area contributed by atoms with Gasteiger partial charge in [-0.05, 0) is 41.9 Å². The summed E-state index contributed by atoms with van der Waals surface area (Å²) in [7, 11) is 0. The molecule has 2 rings (SSSR count). The zero-order chi connectivity index (χ0) is 18.0. The molecule has 3 nitrogen and oxygen atoms in total. The van der Waals surface area contributed by atoms with Gasteiger partial charge in [0.15, 0.2) is 0 Å². The molecule has 0 spiro atoms. The van der Waals surface area contributed by atoms with Crippen LogP contribution in [-0.4, -0.2) is 35.6 Å². The Bertz CT molecular complexity index is 564. The maximum Gasteiger partial charge on any atom is 0.222 e. The first-order chi connectivity index (χ1) is 11.2. The van der Waals surface area contributed by atoms with Crippen LogP contribution in [0, 0.1) is 17.2 Å². The van der Waals surface area contributed by atoms with Crippen LogP contribution in [0.4, 0.5) is 4.39 Å². The van der Waals surface area contributed by atoms with Gasteiger partial charge in [-0.25, -0.2) is 4.39 Å². The van der Waals surface area contributed by atoms with E-state index in [1.165, 1.54) is 12.1 Å². The SMILES string of the molecule is CC(C)(C)[C@@H]1CCC(=O)N(C[C@@](C)(CO)c2ccc(F)cc2)CC1. The number of amides is 1. The molecule has 0 aliphatic carbocycles. The van der Waals surface area contributed by atoms with E-state index < -0.39 is 5.41 Å². The van der Waals surface area contributed by atoms with Gasteiger partial charge >= 0.3 is 0 Å². The lowest BCUT2D eigenvalue weighted by atomic mass is 9.76. The van der Waals surface area contributed by atoms with E-state index in [4.69, 9.17) is 0 Å². The fourth-order valence-corrected chi connectivity index (χ4v) is 3.58.